The van der Waals surface area contributed by atoms with Gasteiger partial charge in [-0.25, -0.2) is 4.79 Å². The number of likely N-dealkylation sites (tertiary alicyclic amines) is 1. The zero-order valence-corrected chi connectivity index (χ0v) is 19.3. The van der Waals surface area contributed by atoms with Gasteiger partial charge in [0, 0.05) is 30.8 Å². The maximum absolute atomic E-state index is 13.1. The largest absolute Gasteiger partial charge is 0.497 e. The molecule has 0 N–H and O–H groups in total. The minimum Gasteiger partial charge on any atom is -0.497 e. The highest BCUT2D eigenvalue weighted by Gasteiger charge is 2.45. The van der Waals surface area contributed by atoms with Gasteiger partial charge >= 0.3 is 5.97 Å². The molecule has 2 heterocycles. The van der Waals surface area contributed by atoms with Crippen molar-refractivity contribution in [2.75, 3.05) is 59.5 Å². The molecule has 2 aromatic rings. The molecule has 0 amide bonds. The lowest BCUT2D eigenvalue weighted by atomic mass is 9.87. The zero-order chi connectivity index (χ0) is 22.7. The fourth-order valence-corrected chi connectivity index (χ4v) is 4.95. The number of nitrogens with zero attached hydrogens (tertiary/aromatic N) is 2. The monoisotopic (exact) mass is 440 g/mol. The minimum atomic E-state index is -0.470. The van der Waals surface area contributed by atoms with Crippen molar-refractivity contribution >= 4 is 11.7 Å². The normalized spacial score (nSPS) is 20.2. The molecule has 2 aromatic carbocycles. The minimum absolute atomic E-state index is 0.193. The van der Waals surface area contributed by atoms with E-state index in [0.29, 0.717) is 11.5 Å². The van der Waals surface area contributed by atoms with E-state index in [9.17, 15) is 4.79 Å². The van der Waals surface area contributed by atoms with Crippen LogP contribution in [0, 0.1) is 0 Å². The third-order valence-corrected chi connectivity index (χ3v) is 6.60. The molecule has 7 nitrogen and oxygen atoms in total. The molecule has 0 bridgehead atoms. The van der Waals surface area contributed by atoms with Crippen molar-refractivity contribution in [3.8, 4) is 17.2 Å². The summed E-state index contributed by atoms with van der Waals surface area (Å²) in [5.74, 6) is 1.63. The second-order valence-electron chi connectivity index (χ2n) is 8.23. The maximum atomic E-state index is 13.1. The number of carbonyl (C=O) groups excluding carboxylic acids is 1. The van der Waals surface area contributed by atoms with Gasteiger partial charge in [-0.3, -0.25) is 0 Å². The first-order valence-electron chi connectivity index (χ1n) is 11.1. The van der Waals surface area contributed by atoms with Crippen molar-refractivity contribution in [2.24, 2.45) is 0 Å². The van der Waals surface area contributed by atoms with Crippen LogP contribution in [0.25, 0.3) is 0 Å². The van der Waals surface area contributed by atoms with Gasteiger partial charge in [0.2, 0.25) is 0 Å². The van der Waals surface area contributed by atoms with E-state index < -0.39 is 6.04 Å². The van der Waals surface area contributed by atoms with Gasteiger partial charge in [0.15, 0.2) is 11.5 Å². The Kier molecular flexibility index (Phi) is 6.74. The van der Waals surface area contributed by atoms with Crippen LogP contribution in [0.3, 0.4) is 0 Å². The van der Waals surface area contributed by atoms with Crippen molar-refractivity contribution < 1.29 is 23.7 Å². The van der Waals surface area contributed by atoms with Crippen LogP contribution in [0.2, 0.25) is 0 Å². The molecule has 0 saturated carbocycles. The van der Waals surface area contributed by atoms with E-state index in [0.717, 1.165) is 48.7 Å². The summed E-state index contributed by atoms with van der Waals surface area (Å²) >= 11 is 0. The molecular weight excluding hydrogens is 408 g/mol. The highest BCUT2D eigenvalue weighted by Crippen LogP contribution is 2.49. The predicted molar refractivity (Wildman–Crippen MR) is 123 cm³/mol. The van der Waals surface area contributed by atoms with Gasteiger partial charge in [-0.15, -0.1) is 0 Å². The highest BCUT2D eigenvalue weighted by molar-refractivity contribution is 5.87. The van der Waals surface area contributed by atoms with Crippen LogP contribution in [0.1, 0.15) is 29.9 Å². The first kappa shape index (κ1) is 22.3. The number of esters is 1. The van der Waals surface area contributed by atoms with Crippen molar-refractivity contribution in [2.45, 2.75) is 24.8 Å². The Bertz CT molecular complexity index is 940. The summed E-state index contributed by atoms with van der Waals surface area (Å²) in [6.45, 7) is 3.85. The van der Waals surface area contributed by atoms with Gasteiger partial charge < -0.3 is 28.7 Å². The number of ether oxygens (including phenoxy) is 4. The quantitative estimate of drug-likeness (QED) is 0.584. The van der Waals surface area contributed by atoms with E-state index in [4.69, 9.17) is 18.9 Å². The lowest BCUT2D eigenvalue weighted by molar-refractivity contribution is -0.142. The summed E-state index contributed by atoms with van der Waals surface area (Å²) in [6.07, 6.45) is 2.47. The van der Waals surface area contributed by atoms with Crippen LogP contribution < -0.4 is 19.1 Å². The van der Waals surface area contributed by atoms with Gasteiger partial charge in [0.25, 0.3) is 0 Å². The molecule has 2 atom stereocenters. The van der Waals surface area contributed by atoms with Crippen LogP contribution in [-0.2, 0) is 9.53 Å². The molecule has 7 heteroatoms. The smallest absolute Gasteiger partial charge is 0.329 e. The molecule has 0 spiro atoms. The third-order valence-electron chi connectivity index (χ3n) is 6.60. The molecular formula is C25H32N2O5. The first-order chi connectivity index (χ1) is 15.6. The number of methoxy groups -OCH3 is 4. The van der Waals surface area contributed by atoms with Crippen LogP contribution in [-0.4, -0.2) is 71.5 Å². The number of carbonyl (C=O) groups is 1. The van der Waals surface area contributed by atoms with Crippen molar-refractivity contribution in [3.05, 3.63) is 47.5 Å². The van der Waals surface area contributed by atoms with E-state index in [-0.39, 0.29) is 11.9 Å². The Morgan fingerprint density at radius 1 is 0.906 bits per heavy atom. The molecule has 2 unspecified atom stereocenters. The second-order valence-corrected chi connectivity index (χ2v) is 8.23. The van der Waals surface area contributed by atoms with E-state index in [1.165, 1.54) is 20.0 Å². The second kappa shape index (κ2) is 9.69. The number of rotatable bonds is 8. The number of fused-ring (bicyclic) bond motifs is 1. The van der Waals surface area contributed by atoms with Crippen LogP contribution in [0.15, 0.2) is 36.4 Å². The number of hydrogen-bond acceptors (Lipinski definition) is 7. The third kappa shape index (κ3) is 4.09. The summed E-state index contributed by atoms with van der Waals surface area (Å²) in [4.78, 5) is 17.8. The fourth-order valence-electron chi connectivity index (χ4n) is 4.95. The molecule has 0 radical (unpaired) electrons. The zero-order valence-electron chi connectivity index (χ0n) is 19.3. The SMILES string of the molecule is COC(=O)C1C(c2ccc(OC)cc2)c2cc(OC)c(OC)cc2N1CCN1CCCC1. The van der Waals surface area contributed by atoms with Gasteiger partial charge in [0.05, 0.1) is 28.4 Å². The number of anilines is 1. The molecule has 4 rings (SSSR count). The standard InChI is InChI=1S/C25H32N2O5/c1-29-18-9-7-17(8-10-18)23-19-15-21(30-2)22(31-3)16-20(19)27(24(23)25(28)32-4)14-13-26-11-5-6-12-26/h7-10,15-16,23-24H,5-6,11-14H2,1-4H3. The molecule has 2 aliphatic heterocycles. The first-order valence-corrected chi connectivity index (χ1v) is 11.1. The Morgan fingerprint density at radius 3 is 2.16 bits per heavy atom. The lowest BCUT2D eigenvalue weighted by Crippen LogP contribution is -2.45. The molecule has 172 valence electrons. The Morgan fingerprint density at radius 2 is 1.56 bits per heavy atom. The molecule has 0 aliphatic carbocycles. The van der Waals surface area contributed by atoms with Gasteiger partial charge in [-0.1, -0.05) is 12.1 Å². The van der Waals surface area contributed by atoms with E-state index in [1.54, 1.807) is 21.3 Å². The van der Waals surface area contributed by atoms with Crippen molar-refractivity contribution in [3.63, 3.8) is 0 Å². The average molecular weight is 441 g/mol. The molecule has 32 heavy (non-hydrogen) atoms. The number of benzene rings is 2. The van der Waals surface area contributed by atoms with E-state index >= 15 is 0 Å². The fraction of sp³-hybridized carbons (Fsp3) is 0.480. The maximum Gasteiger partial charge on any atom is 0.329 e. The topological polar surface area (TPSA) is 60.5 Å². The summed E-state index contributed by atoms with van der Waals surface area (Å²) in [5.41, 5.74) is 3.04. The predicted octanol–water partition coefficient (Wildman–Crippen LogP) is 3.30. The van der Waals surface area contributed by atoms with Gasteiger partial charge in [-0.2, -0.15) is 0 Å². The number of hydrogen-bond donors (Lipinski definition) is 0. The van der Waals surface area contributed by atoms with Gasteiger partial charge in [0.1, 0.15) is 11.8 Å². The van der Waals surface area contributed by atoms with Crippen LogP contribution >= 0.6 is 0 Å². The molecule has 2 aliphatic rings. The van der Waals surface area contributed by atoms with E-state index in [1.807, 2.05) is 36.4 Å². The van der Waals surface area contributed by atoms with Crippen molar-refractivity contribution in [1.82, 2.24) is 4.90 Å². The Labute approximate surface area is 189 Å². The molecule has 0 aromatic heterocycles. The molecule has 1 fully saturated rings. The summed E-state index contributed by atoms with van der Waals surface area (Å²) < 4.78 is 21.8. The van der Waals surface area contributed by atoms with Crippen LogP contribution in [0.5, 0.6) is 17.2 Å². The molecule has 1 saturated heterocycles. The van der Waals surface area contributed by atoms with Crippen molar-refractivity contribution in [1.29, 1.82) is 0 Å². The van der Waals surface area contributed by atoms with Gasteiger partial charge in [-0.05, 0) is 55.3 Å². The average Bonchev–Trinajstić information content (AvgIpc) is 3.47. The summed E-state index contributed by atoms with van der Waals surface area (Å²) in [6, 6.07) is 11.4. The highest BCUT2D eigenvalue weighted by atomic mass is 16.5. The Hall–Kier alpha value is -2.93. The summed E-state index contributed by atoms with van der Waals surface area (Å²) in [7, 11) is 6.36. The Balaban J connectivity index is 1.80. The summed E-state index contributed by atoms with van der Waals surface area (Å²) in [5, 5.41) is 0. The van der Waals surface area contributed by atoms with Crippen LogP contribution in [0.4, 0.5) is 5.69 Å². The lowest BCUT2D eigenvalue weighted by Gasteiger charge is -2.30. The van der Waals surface area contributed by atoms with E-state index in [2.05, 4.69) is 9.80 Å².